The topological polar surface area (TPSA) is 51.8 Å². The zero-order chi connectivity index (χ0) is 13.4. The molecule has 0 saturated heterocycles. The summed E-state index contributed by atoms with van der Waals surface area (Å²) in [6.07, 6.45) is 1.00. The van der Waals surface area contributed by atoms with Gasteiger partial charge in [0.2, 0.25) is 0 Å². The molecule has 2 heterocycles. The van der Waals surface area contributed by atoms with Crippen LogP contribution < -0.4 is 5.73 Å². The van der Waals surface area contributed by atoms with Gasteiger partial charge in [0.05, 0.1) is 5.39 Å². The van der Waals surface area contributed by atoms with E-state index in [1.54, 1.807) is 11.3 Å². The Balaban J connectivity index is 2.17. The molecule has 0 spiro atoms. The molecule has 3 nitrogen and oxygen atoms in total. The number of anilines is 1. The Morgan fingerprint density at radius 3 is 2.58 bits per heavy atom. The number of benzene rings is 1. The van der Waals surface area contributed by atoms with E-state index >= 15 is 0 Å². The molecule has 0 aliphatic heterocycles. The molecule has 96 valence electrons. The van der Waals surface area contributed by atoms with Crippen molar-refractivity contribution in [3.8, 4) is 11.4 Å². The summed E-state index contributed by atoms with van der Waals surface area (Å²) in [5.74, 6) is 1.27. The predicted molar refractivity (Wildman–Crippen MR) is 81.4 cm³/mol. The van der Waals surface area contributed by atoms with Crippen LogP contribution in [0.2, 0.25) is 0 Å². The highest BCUT2D eigenvalue weighted by atomic mass is 32.1. The van der Waals surface area contributed by atoms with Crippen LogP contribution in [0.3, 0.4) is 0 Å². The van der Waals surface area contributed by atoms with Crippen LogP contribution >= 0.6 is 11.3 Å². The third-order valence-electron chi connectivity index (χ3n) is 3.13. The second kappa shape index (κ2) is 4.63. The van der Waals surface area contributed by atoms with Crippen molar-refractivity contribution in [2.45, 2.75) is 20.3 Å². The van der Waals surface area contributed by atoms with Gasteiger partial charge in [-0.2, -0.15) is 0 Å². The molecule has 19 heavy (non-hydrogen) atoms. The van der Waals surface area contributed by atoms with E-state index in [1.165, 1.54) is 10.4 Å². The summed E-state index contributed by atoms with van der Waals surface area (Å²) < 4.78 is 0. The van der Waals surface area contributed by atoms with Crippen molar-refractivity contribution in [1.82, 2.24) is 9.97 Å². The summed E-state index contributed by atoms with van der Waals surface area (Å²) in [5.41, 5.74) is 8.28. The van der Waals surface area contributed by atoms with Crippen LogP contribution in [0.25, 0.3) is 21.6 Å². The first-order valence-corrected chi connectivity index (χ1v) is 7.12. The molecule has 0 atom stereocenters. The molecule has 0 bridgehead atoms. The van der Waals surface area contributed by atoms with Crippen LogP contribution in [0.15, 0.2) is 30.3 Å². The van der Waals surface area contributed by atoms with E-state index in [0.717, 1.165) is 22.2 Å². The maximum atomic E-state index is 6.05. The Morgan fingerprint density at radius 2 is 1.89 bits per heavy atom. The normalized spacial score (nSPS) is 11.1. The van der Waals surface area contributed by atoms with E-state index in [0.29, 0.717) is 11.6 Å². The summed E-state index contributed by atoms with van der Waals surface area (Å²) in [6.45, 7) is 4.20. The summed E-state index contributed by atoms with van der Waals surface area (Å²) in [7, 11) is 0. The second-order valence-electron chi connectivity index (χ2n) is 4.58. The average molecular weight is 269 g/mol. The first kappa shape index (κ1) is 12.1. The lowest BCUT2D eigenvalue weighted by molar-refractivity contribution is 1.19. The van der Waals surface area contributed by atoms with Crippen LogP contribution in [0.5, 0.6) is 0 Å². The minimum absolute atomic E-state index is 0.566. The minimum atomic E-state index is 0.566. The van der Waals surface area contributed by atoms with Crippen LogP contribution in [-0.4, -0.2) is 9.97 Å². The number of thiophene rings is 1. The van der Waals surface area contributed by atoms with Gasteiger partial charge in [-0.15, -0.1) is 11.3 Å². The highest BCUT2D eigenvalue weighted by Crippen LogP contribution is 2.30. The van der Waals surface area contributed by atoms with E-state index in [2.05, 4.69) is 42.0 Å². The fraction of sp³-hybridized carbons (Fsp3) is 0.200. The summed E-state index contributed by atoms with van der Waals surface area (Å²) in [6, 6.07) is 10.3. The third-order valence-corrected chi connectivity index (χ3v) is 4.30. The number of rotatable bonds is 2. The van der Waals surface area contributed by atoms with E-state index < -0.39 is 0 Å². The lowest BCUT2D eigenvalue weighted by Crippen LogP contribution is -1.95. The molecule has 2 N–H and O–H groups in total. The summed E-state index contributed by atoms with van der Waals surface area (Å²) in [4.78, 5) is 11.3. The van der Waals surface area contributed by atoms with Crippen molar-refractivity contribution < 1.29 is 0 Å². The summed E-state index contributed by atoms with van der Waals surface area (Å²) >= 11 is 1.69. The van der Waals surface area contributed by atoms with E-state index in [9.17, 15) is 0 Å². The second-order valence-corrected chi connectivity index (χ2v) is 5.70. The van der Waals surface area contributed by atoms with E-state index in [1.807, 2.05) is 12.1 Å². The van der Waals surface area contributed by atoms with Crippen LogP contribution in [0, 0.1) is 6.92 Å². The highest BCUT2D eigenvalue weighted by Gasteiger charge is 2.10. The molecule has 0 saturated carbocycles. The average Bonchev–Trinajstić information content (AvgIpc) is 2.83. The molecule has 2 aromatic heterocycles. The van der Waals surface area contributed by atoms with Crippen LogP contribution in [-0.2, 0) is 6.42 Å². The smallest absolute Gasteiger partial charge is 0.163 e. The number of fused-ring (bicyclic) bond motifs is 1. The number of nitrogens with two attached hydrogens (primary N) is 1. The van der Waals surface area contributed by atoms with Gasteiger partial charge in [0.25, 0.3) is 0 Å². The Morgan fingerprint density at radius 1 is 1.16 bits per heavy atom. The number of nitrogen functional groups attached to an aromatic ring is 1. The zero-order valence-corrected chi connectivity index (χ0v) is 11.8. The van der Waals surface area contributed by atoms with Gasteiger partial charge in [-0.3, -0.25) is 0 Å². The summed E-state index contributed by atoms with van der Waals surface area (Å²) in [5, 5.41) is 0.970. The van der Waals surface area contributed by atoms with Crippen LogP contribution in [0.4, 0.5) is 5.82 Å². The molecule has 0 unspecified atom stereocenters. The third kappa shape index (κ3) is 2.19. The molecule has 0 radical (unpaired) electrons. The molecule has 1 aromatic carbocycles. The molecule has 3 aromatic rings. The van der Waals surface area contributed by atoms with Gasteiger partial charge in [0.15, 0.2) is 5.82 Å². The van der Waals surface area contributed by atoms with Crippen molar-refractivity contribution in [3.63, 3.8) is 0 Å². The minimum Gasteiger partial charge on any atom is -0.383 e. The molecule has 0 aliphatic rings. The number of hydrogen-bond acceptors (Lipinski definition) is 4. The van der Waals surface area contributed by atoms with Gasteiger partial charge in [0, 0.05) is 10.4 Å². The molecule has 0 fully saturated rings. The molecule has 3 rings (SSSR count). The number of hydrogen-bond donors (Lipinski definition) is 1. The van der Waals surface area contributed by atoms with Crippen molar-refractivity contribution in [2.24, 2.45) is 0 Å². The fourth-order valence-corrected chi connectivity index (χ4v) is 2.97. The van der Waals surface area contributed by atoms with Gasteiger partial charge >= 0.3 is 0 Å². The molecular weight excluding hydrogens is 254 g/mol. The first-order valence-electron chi connectivity index (χ1n) is 6.30. The lowest BCUT2D eigenvalue weighted by Gasteiger charge is -2.02. The van der Waals surface area contributed by atoms with Crippen molar-refractivity contribution in [1.29, 1.82) is 0 Å². The maximum absolute atomic E-state index is 6.05. The molecular formula is C15H15N3S. The Bertz CT molecular complexity index is 729. The molecule has 0 amide bonds. The standard InChI is InChI=1S/C15H15N3S/c1-3-11-8-12-13(16)17-14(18-15(12)19-11)10-6-4-9(2)5-7-10/h4-8H,3H2,1-2H3,(H2,16,17,18). The largest absolute Gasteiger partial charge is 0.383 e. The Kier molecular flexibility index (Phi) is 2.95. The maximum Gasteiger partial charge on any atom is 0.163 e. The predicted octanol–water partition coefficient (Wildman–Crippen LogP) is 3.81. The highest BCUT2D eigenvalue weighted by molar-refractivity contribution is 7.18. The molecule has 4 heteroatoms. The van der Waals surface area contributed by atoms with Crippen molar-refractivity contribution in [2.75, 3.05) is 5.73 Å². The van der Waals surface area contributed by atoms with E-state index in [-0.39, 0.29) is 0 Å². The monoisotopic (exact) mass is 269 g/mol. The van der Waals surface area contributed by atoms with Crippen LogP contribution in [0.1, 0.15) is 17.4 Å². The zero-order valence-electron chi connectivity index (χ0n) is 11.0. The van der Waals surface area contributed by atoms with Gasteiger partial charge < -0.3 is 5.73 Å². The first-order chi connectivity index (χ1) is 9.17. The number of aromatic nitrogens is 2. The quantitative estimate of drug-likeness (QED) is 0.769. The Labute approximate surface area is 116 Å². The molecule has 0 aliphatic carbocycles. The Hall–Kier alpha value is -1.94. The number of aryl methyl sites for hydroxylation is 2. The van der Waals surface area contributed by atoms with Gasteiger partial charge in [-0.25, -0.2) is 9.97 Å². The van der Waals surface area contributed by atoms with Gasteiger partial charge in [-0.1, -0.05) is 36.8 Å². The van der Waals surface area contributed by atoms with Crippen molar-refractivity contribution >= 4 is 27.4 Å². The lowest BCUT2D eigenvalue weighted by atomic mass is 10.1. The number of nitrogens with zero attached hydrogens (tertiary/aromatic N) is 2. The van der Waals surface area contributed by atoms with Crippen molar-refractivity contribution in [3.05, 3.63) is 40.8 Å². The van der Waals surface area contributed by atoms with E-state index in [4.69, 9.17) is 5.73 Å². The SMILES string of the molecule is CCc1cc2c(N)nc(-c3ccc(C)cc3)nc2s1. The van der Waals surface area contributed by atoms with Gasteiger partial charge in [-0.05, 0) is 19.4 Å². The van der Waals surface area contributed by atoms with Gasteiger partial charge in [0.1, 0.15) is 10.6 Å². The fourth-order valence-electron chi connectivity index (χ4n) is 2.00.